The summed E-state index contributed by atoms with van der Waals surface area (Å²) >= 11 is 1.83. The van der Waals surface area contributed by atoms with Crippen molar-refractivity contribution in [3.8, 4) is 0 Å². The van der Waals surface area contributed by atoms with Gasteiger partial charge in [0.05, 0.1) is 12.3 Å². The molecule has 20 heavy (non-hydrogen) atoms. The third-order valence-corrected chi connectivity index (χ3v) is 5.47. The van der Waals surface area contributed by atoms with Crippen LogP contribution < -0.4 is 10.2 Å². The van der Waals surface area contributed by atoms with Gasteiger partial charge in [-0.05, 0) is 31.6 Å². The Hall–Kier alpha value is -0.650. The van der Waals surface area contributed by atoms with Crippen LogP contribution in [0, 0.1) is 5.92 Å². The molecule has 1 N–H and O–H groups in total. The molecule has 0 aromatic carbocycles. The van der Waals surface area contributed by atoms with Crippen LogP contribution in [-0.4, -0.2) is 31.7 Å². The van der Waals surface area contributed by atoms with Crippen LogP contribution in [0.1, 0.15) is 42.7 Å². The molecule has 5 heteroatoms. The Labute approximate surface area is 125 Å². The smallest absolute Gasteiger partial charge is 0.185 e. The van der Waals surface area contributed by atoms with Crippen molar-refractivity contribution < 1.29 is 4.74 Å². The molecule has 2 fully saturated rings. The summed E-state index contributed by atoms with van der Waals surface area (Å²) < 4.78 is 5.30. The fourth-order valence-electron chi connectivity index (χ4n) is 2.59. The monoisotopic (exact) mass is 295 g/mol. The average molecular weight is 295 g/mol. The molecule has 0 atom stereocenters. The van der Waals surface area contributed by atoms with Crippen LogP contribution in [0.25, 0.3) is 0 Å². The van der Waals surface area contributed by atoms with Gasteiger partial charge in [0.2, 0.25) is 0 Å². The molecular formula is C15H25N3OS. The zero-order valence-electron chi connectivity index (χ0n) is 12.5. The predicted octanol–water partition coefficient (Wildman–Crippen LogP) is 2.78. The number of hydrogen-bond donors (Lipinski definition) is 1. The molecule has 0 radical (unpaired) electrons. The van der Waals surface area contributed by atoms with Crippen molar-refractivity contribution in [2.45, 2.75) is 51.3 Å². The Morgan fingerprint density at radius 3 is 2.75 bits per heavy atom. The first-order valence-corrected chi connectivity index (χ1v) is 8.50. The van der Waals surface area contributed by atoms with E-state index >= 15 is 0 Å². The van der Waals surface area contributed by atoms with Gasteiger partial charge in [-0.3, -0.25) is 0 Å². The van der Waals surface area contributed by atoms with Crippen LogP contribution in [-0.2, 0) is 17.9 Å². The van der Waals surface area contributed by atoms with Crippen LogP contribution in [0.2, 0.25) is 0 Å². The zero-order valence-corrected chi connectivity index (χ0v) is 13.3. The molecule has 1 aromatic heterocycles. The highest BCUT2D eigenvalue weighted by atomic mass is 32.1. The van der Waals surface area contributed by atoms with E-state index in [0.29, 0.717) is 6.61 Å². The summed E-state index contributed by atoms with van der Waals surface area (Å²) in [4.78, 5) is 8.46. The molecule has 0 saturated heterocycles. The molecule has 4 nitrogen and oxygen atoms in total. The first-order chi connectivity index (χ1) is 9.76. The molecule has 0 amide bonds. The molecule has 2 saturated carbocycles. The lowest BCUT2D eigenvalue weighted by Crippen LogP contribution is -2.29. The molecule has 1 aromatic rings. The lowest BCUT2D eigenvalue weighted by molar-refractivity contribution is 0.181. The fraction of sp³-hybridized carbons (Fsp3) is 0.800. The maximum absolute atomic E-state index is 5.30. The van der Waals surface area contributed by atoms with E-state index in [9.17, 15) is 0 Å². The minimum atomic E-state index is 0.620. The van der Waals surface area contributed by atoms with E-state index in [1.807, 2.05) is 11.3 Å². The van der Waals surface area contributed by atoms with Crippen molar-refractivity contribution in [2.75, 3.05) is 25.6 Å². The van der Waals surface area contributed by atoms with Crippen molar-refractivity contribution in [2.24, 2.45) is 5.92 Å². The van der Waals surface area contributed by atoms with Gasteiger partial charge in [0.25, 0.3) is 0 Å². The highest BCUT2D eigenvalue weighted by Gasteiger charge is 2.23. The normalized spacial score (nSPS) is 19.1. The Bertz CT molecular complexity index is 440. The van der Waals surface area contributed by atoms with E-state index in [1.54, 1.807) is 7.11 Å². The van der Waals surface area contributed by atoms with Gasteiger partial charge in [-0.15, -0.1) is 11.3 Å². The van der Waals surface area contributed by atoms with Gasteiger partial charge in [0.15, 0.2) is 5.13 Å². The summed E-state index contributed by atoms with van der Waals surface area (Å²) in [5.41, 5.74) is 1.11. The Kier molecular flexibility index (Phi) is 4.58. The fourth-order valence-corrected chi connectivity index (χ4v) is 3.57. The molecule has 112 valence electrons. The predicted molar refractivity (Wildman–Crippen MR) is 83.3 cm³/mol. The molecule has 0 bridgehead atoms. The molecule has 0 spiro atoms. The molecule has 2 aliphatic carbocycles. The lowest BCUT2D eigenvalue weighted by Gasteiger charge is -2.29. The first kappa shape index (κ1) is 14.3. The van der Waals surface area contributed by atoms with Gasteiger partial charge in [-0.1, -0.05) is 6.42 Å². The Balaban J connectivity index is 1.63. The quantitative estimate of drug-likeness (QED) is 0.800. The summed E-state index contributed by atoms with van der Waals surface area (Å²) in [5, 5.41) is 4.73. The van der Waals surface area contributed by atoms with E-state index in [-0.39, 0.29) is 0 Å². The highest BCUT2D eigenvalue weighted by molar-refractivity contribution is 7.15. The number of rotatable bonds is 8. The summed E-state index contributed by atoms with van der Waals surface area (Å²) in [5.74, 6) is 0.878. The van der Waals surface area contributed by atoms with Crippen LogP contribution in [0.15, 0.2) is 0 Å². The number of methoxy groups -OCH3 is 1. The third kappa shape index (κ3) is 3.51. The van der Waals surface area contributed by atoms with Crippen molar-refractivity contribution in [3.05, 3.63) is 10.6 Å². The highest BCUT2D eigenvalue weighted by Crippen LogP contribution is 2.32. The number of ether oxygens (including phenoxy) is 1. The van der Waals surface area contributed by atoms with Crippen LogP contribution in [0.5, 0.6) is 0 Å². The van der Waals surface area contributed by atoms with Gasteiger partial charge in [0, 0.05) is 38.2 Å². The minimum absolute atomic E-state index is 0.620. The van der Waals surface area contributed by atoms with Crippen LogP contribution >= 0.6 is 11.3 Å². The minimum Gasteiger partial charge on any atom is -0.378 e. The largest absolute Gasteiger partial charge is 0.378 e. The van der Waals surface area contributed by atoms with E-state index < -0.39 is 0 Å². The van der Waals surface area contributed by atoms with Crippen LogP contribution in [0.3, 0.4) is 0 Å². The van der Waals surface area contributed by atoms with E-state index in [2.05, 4.69) is 17.3 Å². The topological polar surface area (TPSA) is 37.4 Å². The zero-order chi connectivity index (χ0) is 13.9. The number of nitrogens with zero attached hydrogens (tertiary/aromatic N) is 2. The van der Waals surface area contributed by atoms with Crippen LogP contribution in [0.4, 0.5) is 5.13 Å². The average Bonchev–Trinajstić information content (AvgIpc) is 3.13. The van der Waals surface area contributed by atoms with Gasteiger partial charge < -0.3 is 15.0 Å². The van der Waals surface area contributed by atoms with Gasteiger partial charge >= 0.3 is 0 Å². The third-order valence-electron chi connectivity index (χ3n) is 4.26. The number of nitrogens with one attached hydrogen (secondary N) is 1. The molecule has 1 heterocycles. The number of anilines is 1. The second-order valence-electron chi connectivity index (χ2n) is 6.13. The SMILES string of the molecule is COCc1nc(N(C)CC2CCC2)sc1CNC1CC1. The summed E-state index contributed by atoms with van der Waals surface area (Å²) in [6.45, 7) is 2.71. The van der Waals surface area contributed by atoms with Crippen molar-refractivity contribution >= 4 is 16.5 Å². The second kappa shape index (κ2) is 6.41. The summed E-state index contributed by atoms with van der Waals surface area (Å²) in [6, 6.07) is 0.739. The number of aromatic nitrogens is 1. The molecular weight excluding hydrogens is 270 g/mol. The maximum Gasteiger partial charge on any atom is 0.185 e. The summed E-state index contributed by atoms with van der Waals surface area (Å²) in [7, 11) is 3.92. The van der Waals surface area contributed by atoms with Crippen molar-refractivity contribution in [3.63, 3.8) is 0 Å². The molecule has 0 aliphatic heterocycles. The van der Waals surface area contributed by atoms with Crippen molar-refractivity contribution in [1.29, 1.82) is 0 Å². The first-order valence-electron chi connectivity index (χ1n) is 7.68. The standard InChI is InChI=1S/C15H25N3OS/c1-18(9-11-4-3-5-11)15-17-13(10-19-2)14(20-15)8-16-12-6-7-12/h11-12,16H,3-10H2,1-2H3. The second-order valence-corrected chi connectivity index (χ2v) is 7.19. The maximum atomic E-state index is 5.30. The lowest BCUT2D eigenvalue weighted by atomic mass is 9.85. The van der Waals surface area contributed by atoms with E-state index in [1.165, 1.54) is 37.0 Å². The van der Waals surface area contributed by atoms with Gasteiger partial charge in [-0.25, -0.2) is 4.98 Å². The molecule has 3 rings (SSSR count). The Morgan fingerprint density at radius 1 is 1.35 bits per heavy atom. The number of thiazole rings is 1. The number of hydrogen-bond acceptors (Lipinski definition) is 5. The van der Waals surface area contributed by atoms with E-state index in [0.717, 1.165) is 35.9 Å². The van der Waals surface area contributed by atoms with E-state index in [4.69, 9.17) is 9.72 Å². The van der Waals surface area contributed by atoms with Gasteiger partial charge in [-0.2, -0.15) is 0 Å². The molecule has 2 aliphatic rings. The molecule has 0 unspecified atom stereocenters. The van der Waals surface area contributed by atoms with Crippen molar-refractivity contribution in [1.82, 2.24) is 10.3 Å². The van der Waals surface area contributed by atoms with Gasteiger partial charge in [0.1, 0.15) is 0 Å². The summed E-state index contributed by atoms with van der Waals surface area (Å²) in [6.07, 6.45) is 6.83. The Morgan fingerprint density at radius 2 is 2.15 bits per heavy atom.